The molecule has 0 aliphatic rings. The second-order valence-corrected chi connectivity index (χ2v) is 3.30. The number of aryl methyl sites for hydroxylation is 1. The predicted octanol–water partition coefficient (Wildman–Crippen LogP) is 2.61. The van der Waals surface area contributed by atoms with Crippen LogP contribution in [-0.4, -0.2) is 6.66 Å². The van der Waals surface area contributed by atoms with Crippen LogP contribution in [0.5, 0.6) is 0 Å². The van der Waals surface area contributed by atoms with Gasteiger partial charge in [0.05, 0.1) is 0 Å². The van der Waals surface area contributed by atoms with Crippen LogP contribution in [0, 0.1) is 6.92 Å². The van der Waals surface area contributed by atoms with E-state index in [0.717, 1.165) is 27.2 Å². The third-order valence-corrected chi connectivity index (χ3v) is 2.32. The first-order valence-corrected chi connectivity index (χ1v) is 6.27. The fraction of sp³-hybridized carbons (Fsp3) is 0.143. The summed E-state index contributed by atoms with van der Waals surface area (Å²) in [4.78, 5) is 0. The van der Waals surface area contributed by atoms with E-state index >= 15 is 0 Å². The molecular formula is C14H17OP. The van der Waals surface area contributed by atoms with E-state index in [4.69, 9.17) is 4.42 Å². The SMILES string of the molecule is C=C/C=c1/oc2c(C)cccc2c1=C.CP. The molecule has 1 aromatic heterocycles. The van der Waals surface area contributed by atoms with Crippen LogP contribution in [0.1, 0.15) is 5.56 Å². The quantitative estimate of drug-likeness (QED) is 0.689. The number of fused-ring (bicyclic) bond motifs is 1. The standard InChI is InChI=1S/C13H12O.CH5P/c1-4-6-12-10(3)11-8-5-7-9(2)13(11)14-12;1-2/h4-8H,1,3H2,2H3;2H2,1H3/b12-6+;. The van der Waals surface area contributed by atoms with Crippen molar-refractivity contribution in [3.8, 4) is 0 Å². The Hall–Kier alpha value is -1.33. The third kappa shape index (κ3) is 2.25. The van der Waals surface area contributed by atoms with Crippen molar-refractivity contribution in [3.63, 3.8) is 0 Å². The summed E-state index contributed by atoms with van der Waals surface area (Å²) < 4.78 is 5.68. The summed E-state index contributed by atoms with van der Waals surface area (Å²) in [5.74, 6) is 0. The summed E-state index contributed by atoms with van der Waals surface area (Å²) in [5.41, 5.74) is 2.85. The molecule has 0 aliphatic heterocycles. The number of allylic oxidation sites excluding steroid dienone is 1. The van der Waals surface area contributed by atoms with Crippen molar-refractivity contribution in [2.45, 2.75) is 6.92 Å². The van der Waals surface area contributed by atoms with Crippen molar-refractivity contribution >= 4 is 32.9 Å². The summed E-state index contributed by atoms with van der Waals surface area (Å²) in [6.07, 6.45) is 3.55. The molecule has 0 spiro atoms. The van der Waals surface area contributed by atoms with Gasteiger partial charge in [-0.1, -0.05) is 44.1 Å². The van der Waals surface area contributed by atoms with Crippen molar-refractivity contribution in [1.29, 1.82) is 0 Å². The van der Waals surface area contributed by atoms with E-state index < -0.39 is 0 Å². The first-order chi connectivity index (χ1) is 7.74. The molecule has 0 bridgehead atoms. The summed E-state index contributed by atoms with van der Waals surface area (Å²) in [6.45, 7) is 11.6. The molecule has 2 rings (SSSR count). The number of benzene rings is 1. The molecule has 0 saturated carbocycles. The molecule has 84 valence electrons. The summed E-state index contributed by atoms with van der Waals surface area (Å²) in [5, 5.41) is 2.02. The fourth-order valence-electron chi connectivity index (χ4n) is 1.57. The van der Waals surface area contributed by atoms with Gasteiger partial charge < -0.3 is 4.42 Å². The second kappa shape index (κ2) is 5.67. The van der Waals surface area contributed by atoms with Crippen LogP contribution in [0.15, 0.2) is 35.3 Å². The Morgan fingerprint density at radius 3 is 2.56 bits per heavy atom. The third-order valence-electron chi connectivity index (χ3n) is 2.32. The molecule has 16 heavy (non-hydrogen) atoms. The van der Waals surface area contributed by atoms with Gasteiger partial charge in [0.15, 0.2) is 0 Å². The molecule has 0 aliphatic carbocycles. The highest BCUT2D eigenvalue weighted by molar-refractivity contribution is 7.15. The van der Waals surface area contributed by atoms with Crippen molar-refractivity contribution in [2.24, 2.45) is 0 Å². The van der Waals surface area contributed by atoms with Crippen molar-refractivity contribution in [1.82, 2.24) is 0 Å². The van der Waals surface area contributed by atoms with Crippen LogP contribution >= 0.6 is 9.24 Å². The van der Waals surface area contributed by atoms with Gasteiger partial charge in [0.2, 0.25) is 0 Å². The summed E-state index contributed by atoms with van der Waals surface area (Å²) in [6, 6.07) is 6.07. The first kappa shape index (κ1) is 12.7. The summed E-state index contributed by atoms with van der Waals surface area (Å²) >= 11 is 0. The highest BCUT2D eigenvalue weighted by Gasteiger charge is 2.02. The van der Waals surface area contributed by atoms with Crippen molar-refractivity contribution in [2.75, 3.05) is 6.66 Å². The van der Waals surface area contributed by atoms with E-state index in [1.165, 1.54) is 0 Å². The van der Waals surface area contributed by atoms with Gasteiger partial charge in [-0.2, -0.15) is 0 Å². The molecule has 0 radical (unpaired) electrons. The maximum atomic E-state index is 5.68. The Labute approximate surface area is 98.4 Å². The molecule has 1 aromatic carbocycles. The highest BCUT2D eigenvalue weighted by atomic mass is 31.0. The van der Waals surface area contributed by atoms with E-state index in [1.54, 1.807) is 6.08 Å². The average Bonchev–Trinajstić information content (AvgIpc) is 2.62. The number of rotatable bonds is 1. The molecule has 1 unspecified atom stereocenters. The van der Waals surface area contributed by atoms with Crippen LogP contribution in [0.3, 0.4) is 0 Å². The topological polar surface area (TPSA) is 13.1 Å². The van der Waals surface area contributed by atoms with Crippen LogP contribution in [0.4, 0.5) is 0 Å². The summed E-state index contributed by atoms with van der Waals surface area (Å²) in [7, 11) is 2.42. The van der Waals surface area contributed by atoms with Crippen LogP contribution in [-0.2, 0) is 0 Å². The van der Waals surface area contributed by atoms with Gasteiger partial charge in [-0.25, -0.2) is 0 Å². The first-order valence-electron chi connectivity index (χ1n) is 5.11. The largest absolute Gasteiger partial charge is 0.456 e. The predicted molar refractivity (Wildman–Crippen MR) is 76.0 cm³/mol. The zero-order valence-electron chi connectivity index (χ0n) is 9.79. The van der Waals surface area contributed by atoms with E-state index in [1.807, 2.05) is 37.9 Å². The Morgan fingerprint density at radius 1 is 1.31 bits per heavy atom. The minimum atomic E-state index is 0.796. The Kier molecular flexibility index (Phi) is 4.52. The molecule has 0 fully saturated rings. The monoisotopic (exact) mass is 232 g/mol. The molecule has 2 aromatic rings. The molecule has 1 heterocycles. The zero-order chi connectivity index (χ0) is 12.1. The van der Waals surface area contributed by atoms with Crippen molar-refractivity contribution in [3.05, 3.63) is 47.1 Å². The second-order valence-electron chi connectivity index (χ2n) is 3.30. The lowest BCUT2D eigenvalue weighted by molar-refractivity contribution is 0.574. The van der Waals surface area contributed by atoms with Crippen LogP contribution < -0.4 is 10.6 Å². The Morgan fingerprint density at radius 2 is 2.00 bits per heavy atom. The lowest BCUT2D eigenvalue weighted by Gasteiger charge is -1.90. The zero-order valence-corrected chi connectivity index (χ0v) is 10.9. The van der Waals surface area contributed by atoms with E-state index in [0.29, 0.717) is 0 Å². The van der Waals surface area contributed by atoms with Gasteiger partial charge in [0.1, 0.15) is 11.0 Å². The fourth-order valence-corrected chi connectivity index (χ4v) is 1.57. The maximum absolute atomic E-state index is 5.68. The maximum Gasteiger partial charge on any atom is 0.138 e. The molecule has 0 amide bonds. The smallest absolute Gasteiger partial charge is 0.138 e. The van der Waals surface area contributed by atoms with Gasteiger partial charge in [-0.05, 0) is 18.6 Å². The van der Waals surface area contributed by atoms with Gasteiger partial charge >= 0.3 is 0 Å². The van der Waals surface area contributed by atoms with E-state index in [9.17, 15) is 0 Å². The van der Waals surface area contributed by atoms with Gasteiger partial charge in [-0.15, -0.1) is 9.24 Å². The number of hydrogen-bond donors (Lipinski definition) is 0. The Bertz CT molecular complexity index is 593. The minimum Gasteiger partial charge on any atom is -0.456 e. The van der Waals surface area contributed by atoms with Gasteiger partial charge in [0, 0.05) is 10.6 Å². The molecule has 0 saturated heterocycles. The lowest BCUT2D eigenvalue weighted by atomic mass is 10.1. The van der Waals surface area contributed by atoms with Crippen LogP contribution in [0.2, 0.25) is 0 Å². The van der Waals surface area contributed by atoms with Gasteiger partial charge in [-0.3, -0.25) is 0 Å². The molecule has 2 heteroatoms. The lowest BCUT2D eigenvalue weighted by Crippen LogP contribution is -2.17. The number of hydrogen-bond acceptors (Lipinski definition) is 1. The normalized spacial score (nSPS) is 11.1. The molecular weight excluding hydrogens is 215 g/mol. The molecule has 1 nitrogen and oxygen atoms in total. The Balaban J connectivity index is 0.000000606. The van der Waals surface area contributed by atoms with Crippen LogP contribution in [0.25, 0.3) is 23.6 Å². The number of para-hydroxylation sites is 1. The van der Waals surface area contributed by atoms with Crippen molar-refractivity contribution < 1.29 is 4.42 Å². The molecule has 0 N–H and O–H groups in total. The van der Waals surface area contributed by atoms with E-state index in [-0.39, 0.29) is 0 Å². The highest BCUT2D eigenvalue weighted by Crippen LogP contribution is 2.12. The minimum absolute atomic E-state index is 0.796. The van der Waals surface area contributed by atoms with E-state index in [2.05, 4.69) is 22.4 Å². The van der Waals surface area contributed by atoms with Gasteiger partial charge in [0.25, 0.3) is 0 Å². The molecule has 1 atom stereocenters. The number of furan rings is 1. The average molecular weight is 232 g/mol.